The highest BCUT2D eigenvalue weighted by Crippen LogP contribution is 2.25. The van der Waals surface area contributed by atoms with Crippen molar-refractivity contribution in [1.29, 1.82) is 0 Å². The molecule has 2 aromatic carbocycles. The maximum atomic E-state index is 12.5. The van der Waals surface area contributed by atoms with Gasteiger partial charge in [-0.25, -0.2) is 0 Å². The summed E-state index contributed by atoms with van der Waals surface area (Å²) in [5.74, 6) is 0.814. The molecule has 0 bridgehead atoms. The Hall–Kier alpha value is -2.29. The number of carbonyl (C=O) groups excluding carboxylic acids is 1. The summed E-state index contributed by atoms with van der Waals surface area (Å²) in [6.45, 7) is 3.90. The molecule has 0 unspecified atom stereocenters. The van der Waals surface area contributed by atoms with Crippen molar-refractivity contribution in [3.8, 4) is 5.75 Å². The molecule has 0 spiro atoms. The fourth-order valence-electron chi connectivity index (χ4n) is 2.36. The van der Waals surface area contributed by atoms with Crippen molar-refractivity contribution >= 4 is 11.6 Å². The van der Waals surface area contributed by atoms with Gasteiger partial charge in [-0.2, -0.15) is 0 Å². The van der Waals surface area contributed by atoms with E-state index in [1.54, 1.807) is 19.1 Å². The molecule has 20 heavy (non-hydrogen) atoms. The molecule has 0 N–H and O–H groups in total. The van der Waals surface area contributed by atoms with E-state index in [1.165, 1.54) is 0 Å². The van der Waals surface area contributed by atoms with Crippen molar-refractivity contribution < 1.29 is 9.53 Å². The molecule has 0 atom stereocenters. The summed E-state index contributed by atoms with van der Waals surface area (Å²) < 4.78 is 5.33. The number of para-hydroxylation sites is 1. The monoisotopic (exact) mass is 269 g/mol. The third-order valence-electron chi connectivity index (χ3n) is 3.36. The Bertz CT molecular complexity index is 597. The van der Waals surface area contributed by atoms with Crippen LogP contribution >= 0.6 is 0 Å². The molecule has 0 saturated carbocycles. The van der Waals surface area contributed by atoms with Gasteiger partial charge in [-0.15, -0.1) is 0 Å². The van der Waals surface area contributed by atoms with Crippen LogP contribution in [0.15, 0.2) is 42.5 Å². The minimum Gasteiger partial charge on any atom is -0.496 e. The molecular weight excluding hydrogens is 250 g/mol. The van der Waals surface area contributed by atoms with Gasteiger partial charge in [-0.05, 0) is 49.2 Å². The number of nitrogens with zero attached hydrogens (tertiary/aromatic N) is 1. The molecule has 104 valence electrons. The van der Waals surface area contributed by atoms with Crippen molar-refractivity contribution in [3.05, 3.63) is 59.2 Å². The topological polar surface area (TPSA) is 29.5 Å². The summed E-state index contributed by atoms with van der Waals surface area (Å²) in [6, 6.07) is 13.3. The molecule has 2 rings (SSSR count). The number of benzene rings is 2. The van der Waals surface area contributed by atoms with E-state index in [0.29, 0.717) is 5.56 Å². The van der Waals surface area contributed by atoms with Gasteiger partial charge < -0.3 is 9.64 Å². The van der Waals surface area contributed by atoms with Crippen molar-refractivity contribution in [2.24, 2.45) is 0 Å². The van der Waals surface area contributed by atoms with Gasteiger partial charge in [0.1, 0.15) is 5.75 Å². The quantitative estimate of drug-likeness (QED) is 0.852. The lowest BCUT2D eigenvalue weighted by Crippen LogP contribution is -2.26. The first-order chi connectivity index (χ1) is 9.54. The molecule has 1 amide bonds. The van der Waals surface area contributed by atoms with Gasteiger partial charge in [0.05, 0.1) is 7.11 Å². The Morgan fingerprint density at radius 1 is 1.05 bits per heavy atom. The number of amides is 1. The lowest BCUT2D eigenvalue weighted by molar-refractivity contribution is 0.0993. The third kappa shape index (κ3) is 2.67. The zero-order valence-electron chi connectivity index (χ0n) is 12.3. The number of hydrogen-bond acceptors (Lipinski definition) is 2. The summed E-state index contributed by atoms with van der Waals surface area (Å²) in [5, 5.41) is 0. The van der Waals surface area contributed by atoms with Gasteiger partial charge in [0.2, 0.25) is 0 Å². The first-order valence-electron chi connectivity index (χ1n) is 6.53. The van der Waals surface area contributed by atoms with Crippen LogP contribution in [0.25, 0.3) is 0 Å². The summed E-state index contributed by atoms with van der Waals surface area (Å²) >= 11 is 0. The van der Waals surface area contributed by atoms with Crippen molar-refractivity contribution in [1.82, 2.24) is 0 Å². The number of aryl methyl sites for hydroxylation is 2. The molecule has 0 fully saturated rings. The molecule has 3 heteroatoms. The zero-order valence-corrected chi connectivity index (χ0v) is 12.3. The number of hydrogen-bond donors (Lipinski definition) is 0. The van der Waals surface area contributed by atoms with Gasteiger partial charge in [-0.1, -0.05) is 18.2 Å². The maximum Gasteiger partial charge on any atom is 0.258 e. The fraction of sp³-hybridized carbons (Fsp3) is 0.235. The van der Waals surface area contributed by atoms with E-state index in [4.69, 9.17) is 4.74 Å². The van der Waals surface area contributed by atoms with Crippen LogP contribution in [0.1, 0.15) is 21.5 Å². The van der Waals surface area contributed by atoms with Gasteiger partial charge in [-0.3, -0.25) is 4.79 Å². The summed E-state index contributed by atoms with van der Waals surface area (Å²) in [5.41, 5.74) is 3.49. The van der Waals surface area contributed by atoms with E-state index < -0.39 is 0 Å². The van der Waals surface area contributed by atoms with Crippen LogP contribution in [0.4, 0.5) is 5.69 Å². The predicted molar refractivity (Wildman–Crippen MR) is 81.6 cm³/mol. The SMILES string of the molecule is COc1c(C)cc(C(=O)N(C)c2ccccc2)cc1C. The van der Waals surface area contributed by atoms with Gasteiger partial charge in [0, 0.05) is 18.3 Å². The van der Waals surface area contributed by atoms with Gasteiger partial charge >= 0.3 is 0 Å². The number of anilines is 1. The Morgan fingerprint density at radius 2 is 1.60 bits per heavy atom. The number of ether oxygens (including phenoxy) is 1. The summed E-state index contributed by atoms with van der Waals surface area (Å²) in [4.78, 5) is 14.2. The Balaban J connectivity index is 2.35. The molecule has 2 aromatic rings. The number of methoxy groups -OCH3 is 1. The molecular formula is C17H19NO2. The normalized spacial score (nSPS) is 10.2. The fourth-order valence-corrected chi connectivity index (χ4v) is 2.36. The Kier molecular flexibility index (Phi) is 4.08. The van der Waals surface area contributed by atoms with E-state index in [2.05, 4.69) is 0 Å². The van der Waals surface area contributed by atoms with Crippen LogP contribution < -0.4 is 9.64 Å². The average Bonchev–Trinajstić information content (AvgIpc) is 2.46. The highest BCUT2D eigenvalue weighted by atomic mass is 16.5. The molecule has 0 aliphatic carbocycles. The summed E-state index contributed by atoms with van der Waals surface area (Å²) in [7, 11) is 3.43. The summed E-state index contributed by atoms with van der Waals surface area (Å²) in [6.07, 6.45) is 0. The molecule has 0 aromatic heterocycles. The molecule has 0 heterocycles. The standard InChI is InChI=1S/C17H19NO2/c1-12-10-14(11-13(2)16(12)20-4)17(19)18(3)15-8-6-5-7-9-15/h5-11H,1-4H3. The van der Waals surface area contributed by atoms with E-state index in [1.807, 2.05) is 56.3 Å². The van der Waals surface area contributed by atoms with Crippen LogP contribution in [-0.2, 0) is 0 Å². The minimum atomic E-state index is -0.0231. The Morgan fingerprint density at radius 3 is 2.10 bits per heavy atom. The van der Waals surface area contributed by atoms with E-state index in [9.17, 15) is 4.79 Å². The molecule has 0 saturated heterocycles. The molecule has 0 aliphatic rings. The minimum absolute atomic E-state index is 0.0231. The second-order valence-corrected chi connectivity index (χ2v) is 4.84. The highest BCUT2D eigenvalue weighted by Gasteiger charge is 2.16. The lowest BCUT2D eigenvalue weighted by Gasteiger charge is -2.18. The van der Waals surface area contributed by atoms with E-state index >= 15 is 0 Å². The third-order valence-corrected chi connectivity index (χ3v) is 3.36. The van der Waals surface area contributed by atoms with Crippen LogP contribution in [0, 0.1) is 13.8 Å². The maximum absolute atomic E-state index is 12.5. The van der Waals surface area contributed by atoms with Gasteiger partial charge in [0.15, 0.2) is 0 Å². The molecule has 0 radical (unpaired) electrons. The van der Waals surface area contributed by atoms with Crippen LogP contribution in [0.5, 0.6) is 5.75 Å². The first-order valence-corrected chi connectivity index (χ1v) is 6.53. The lowest BCUT2D eigenvalue weighted by atomic mass is 10.0. The van der Waals surface area contributed by atoms with Crippen LogP contribution in [0.2, 0.25) is 0 Å². The van der Waals surface area contributed by atoms with Crippen LogP contribution in [-0.4, -0.2) is 20.1 Å². The van der Waals surface area contributed by atoms with Crippen LogP contribution in [0.3, 0.4) is 0 Å². The second kappa shape index (κ2) is 5.78. The van der Waals surface area contributed by atoms with E-state index in [-0.39, 0.29) is 5.91 Å². The predicted octanol–water partition coefficient (Wildman–Crippen LogP) is 3.59. The van der Waals surface area contributed by atoms with Crippen molar-refractivity contribution in [3.63, 3.8) is 0 Å². The van der Waals surface area contributed by atoms with Gasteiger partial charge in [0.25, 0.3) is 5.91 Å². The number of carbonyl (C=O) groups is 1. The smallest absolute Gasteiger partial charge is 0.258 e. The van der Waals surface area contributed by atoms with Crippen molar-refractivity contribution in [2.45, 2.75) is 13.8 Å². The highest BCUT2D eigenvalue weighted by molar-refractivity contribution is 6.06. The van der Waals surface area contributed by atoms with Crippen molar-refractivity contribution in [2.75, 3.05) is 19.1 Å². The first kappa shape index (κ1) is 14.1. The largest absolute Gasteiger partial charge is 0.496 e. The second-order valence-electron chi connectivity index (χ2n) is 4.84. The molecule has 3 nitrogen and oxygen atoms in total. The van der Waals surface area contributed by atoms with E-state index in [0.717, 1.165) is 22.6 Å². The zero-order chi connectivity index (χ0) is 14.7. The average molecular weight is 269 g/mol. The molecule has 0 aliphatic heterocycles. The number of rotatable bonds is 3. The Labute approximate surface area is 119 Å².